The number of ether oxygens (including phenoxy) is 1. The minimum atomic E-state index is -2.38. The molecule has 0 aromatic heterocycles. The standard InChI is InChI=1S/C33H36N3O5Si/c1-9-42(8)27-18-22(34(3)4)10-12-24(27)32(25-13-11-23(35(5)6)19-28(25)42)31-20(2)16-21(17-26(31)40-7)33(39)41-36-29(37)14-15-30(36)38/h9-13,16-19H,1,14-15H2,2-8H3/q+1. The lowest BCUT2D eigenvalue weighted by molar-refractivity contribution is -0.462. The van der Waals surface area contributed by atoms with Crippen LogP contribution in [0, 0.1) is 6.92 Å². The van der Waals surface area contributed by atoms with Gasteiger partial charge in [-0.05, 0) is 69.9 Å². The molecule has 9 heteroatoms. The fourth-order valence-electron chi connectivity index (χ4n) is 5.84. The summed E-state index contributed by atoms with van der Waals surface area (Å²) in [4.78, 5) is 44.5. The molecule has 1 unspecified atom stereocenters. The van der Waals surface area contributed by atoms with Crippen LogP contribution in [0.25, 0.3) is 5.57 Å². The first-order valence-electron chi connectivity index (χ1n) is 13.8. The van der Waals surface area contributed by atoms with Gasteiger partial charge in [-0.2, -0.15) is 0 Å². The number of rotatable bonds is 6. The normalized spacial score (nSPS) is 19.4. The van der Waals surface area contributed by atoms with E-state index in [2.05, 4.69) is 64.7 Å². The van der Waals surface area contributed by atoms with Crippen LogP contribution in [0.15, 0.2) is 71.6 Å². The summed E-state index contributed by atoms with van der Waals surface area (Å²) >= 11 is 0. The average molecular weight is 583 g/mol. The predicted molar refractivity (Wildman–Crippen MR) is 167 cm³/mol. The average Bonchev–Trinajstić information content (AvgIpc) is 3.29. The van der Waals surface area contributed by atoms with E-state index in [0.29, 0.717) is 10.8 Å². The largest absolute Gasteiger partial charge is 0.496 e. The monoisotopic (exact) mass is 582 g/mol. The van der Waals surface area contributed by atoms with Crippen molar-refractivity contribution in [1.82, 2.24) is 5.06 Å². The Balaban J connectivity index is 1.75. The maximum atomic E-state index is 13.1. The van der Waals surface area contributed by atoms with E-state index in [4.69, 9.17) is 9.57 Å². The number of methoxy groups -OCH3 is 1. The highest BCUT2D eigenvalue weighted by molar-refractivity contribution is 7.02. The molecule has 2 heterocycles. The quantitative estimate of drug-likeness (QED) is 0.293. The third-order valence-electron chi connectivity index (χ3n) is 8.29. The Kier molecular flexibility index (Phi) is 7.40. The summed E-state index contributed by atoms with van der Waals surface area (Å²) < 4.78 is 8.02. The van der Waals surface area contributed by atoms with Crippen LogP contribution in [0.1, 0.15) is 39.9 Å². The minimum Gasteiger partial charge on any atom is -0.496 e. The number of allylic oxidation sites excluding steroid dienone is 5. The zero-order chi connectivity index (χ0) is 30.5. The Hall–Kier alpha value is -4.50. The van der Waals surface area contributed by atoms with Crippen molar-refractivity contribution in [2.24, 2.45) is 0 Å². The smallest absolute Gasteiger partial charge is 0.364 e. The van der Waals surface area contributed by atoms with Gasteiger partial charge < -0.3 is 14.5 Å². The topological polar surface area (TPSA) is 79.2 Å². The Morgan fingerprint density at radius 1 is 1.10 bits per heavy atom. The molecule has 1 atom stereocenters. The molecule has 2 aromatic carbocycles. The van der Waals surface area contributed by atoms with Crippen molar-refractivity contribution in [3.8, 4) is 5.75 Å². The van der Waals surface area contributed by atoms with Crippen molar-refractivity contribution in [2.75, 3.05) is 40.2 Å². The lowest BCUT2D eigenvalue weighted by atomic mass is 9.86. The van der Waals surface area contributed by atoms with E-state index in [1.165, 1.54) is 10.4 Å². The third kappa shape index (κ3) is 4.63. The van der Waals surface area contributed by atoms with Crippen LogP contribution >= 0.6 is 0 Å². The molecule has 3 aliphatic rings. The van der Waals surface area contributed by atoms with E-state index in [0.717, 1.165) is 39.2 Å². The van der Waals surface area contributed by atoms with Gasteiger partial charge in [0.15, 0.2) is 5.71 Å². The molecule has 216 valence electrons. The second-order valence-electron chi connectivity index (χ2n) is 11.4. The molecule has 2 aromatic rings. The first-order chi connectivity index (χ1) is 19.9. The van der Waals surface area contributed by atoms with E-state index in [1.54, 1.807) is 19.2 Å². The molecule has 1 aliphatic carbocycles. The number of imide groups is 1. The Morgan fingerprint density at radius 3 is 2.38 bits per heavy atom. The molecule has 1 saturated heterocycles. The number of nitrogens with zero attached hydrogens (tertiary/aromatic N) is 3. The summed E-state index contributed by atoms with van der Waals surface area (Å²) in [6, 6.07) is 9.89. The molecule has 2 aliphatic heterocycles. The van der Waals surface area contributed by atoms with E-state index >= 15 is 0 Å². The molecule has 5 rings (SSSR count). The van der Waals surface area contributed by atoms with Crippen LogP contribution in [-0.2, 0) is 14.4 Å². The van der Waals surface area contributed by atoms with Gasteiger partial charge in [0, 0.05) is 50.3 Å². The second kappa shape index (κ2) is 10.7. The molecule has 8 nitrogen and oxygen atoms in total. The summed E-state index contributed by atoms with van der Waals surface area (Å²) in [7, 11) is 7.33. The molecular formula is C33H36N3O5Si+. The third-order valence-corrected chi connectivity index (χ3v) is 12.2. The highest BCUT2D eigenvalue weighted by atomic mass is 28.3. The molecular weight excluding hydrogens is 546 g/mol. The van der Waals surface area contributed by atoms with E-state index in [-0.39, 0.29) is 18.4 Å². The van der Waals surface area contributed by atoms with Gasteiger partial charge in [0.1, 0.15) is 27.9 Å². The highest BCUT2D eigenvalue weighted by Gasteiger charge is 2.43. The number of anilines is 1. The lowest BCUT2D eigenvalue weighted by Crippen LogP contribution is -2.51. The summed E-state index contributed by atoms with van der Waals surface area (Å²) in [5.74, 6) is -1.35. The van der Waals surface area contributed by atoms with Crippen molar-refractivity contribution in [3.63, 3.8) is 0 Å². The fourth-order valence-corrected chi connectivity index (χ4v) is 9.00. The molecule has 0 N–H and O–H groups in total. The fraction of sp³-hybridized carbons (Fsp3) is 0.273. The number of amides is 2. The highest BCUT2D eigenvalue weighted by Crippen LogP contribution is 2.45. The van der Waals surface area contributed by atoms with Crippen LogP contribution in [0.2, 0.25) is 6.55 Å². The van der Waals surface area contributed by atoms with Gasteiger partial charge >= 0.3 is 5.97 Å². The molecule has 0 saturated carbocycles. The number of fused-ring (bicyclic) bond motifs is 2. The molecule has 0 spiro atoms. The Morgan fingerprint density at radius 2 is 1.79 bits per heavy atom. The van der Waals surface area contributed by atoms with Gasteiger partial charge in [-0.15, -0.1) is 11.6 Å². The van der Waals surface area contributed by atoms with E-state index < -0.39 is 25.9 Å². The first kappa shape index (κ1) is 29.0. The second-order valence-corrected chi connectivity index (χ2v) is 15.3. The van der Waals surface area contributed by atoms with Crippen LogP contribution in [0.4, 0.5) is 5.69 Å². The zero-order valence-corrected chi connectivity index (χ0v) is 26.2. The number of hydrogen-bond acceptors (Lipinski definition) is 6. The van der Waals surface area contributed by atoms with Gasteiger partial charge in [-0.3, -0.25) is 9.59 Å². The number of hydrogen-bond donors (Lipinski definition) is 0. The molecule has 1 fully saturated rings. The SMILES string of the molecule is C=C[Si]1(C)C2=CC(=[N+](C)C)C=CC2=C(c2c(C)cc(C(=O)ON3C(=O)CCC3=O)cc2OC)c2ccc(N(C)C)cc21. The minimum absolute atomic E-state index is 0.0303. The number of benzene rings is 2. The first-order valence-corrected chi connectivity index (χ1v) is 16.4. The van der Waals surface area contributed by atoms with Crippen molar-refractivity contribution >= 4 is 48.0 Å². The molecule has 2 amide bonds. The van der Waals surface area contributed by atoms with Crippen LogP contribution in [0.3, 0.4) is 0 Å². The summed E-state index contributed by atoms with van der Waals surface area (Å²) in [5, 5.41) is 3.06. The van der Waals surface area contributed by atoms with Crippen LogP contribution < -0.4 is 14.8 Å². The predicted octanol–water partition coefficient (Wildman–Crippen LogP) is 3.87. The maximum absolute atomic E-state index is 13.1. The lowest BCUT2D eigenvalue weighted by Gasteiger charge is -2.39. The van der Waals surface area contributed by atoms with Crippen LogP contribution in [-0.4, -0.2) is 76.5 Å². The number of hydroxylamine groups is 2. The van der Waals surface area contributed by atoms with Crippen molar-refractivity contribution in [1.29, 1.82) is 0 Å². The number of carbonyl (C=O) groups excluding carboxylic acids is 3. The summed E-state index contributed by atoms with van der Waals surface area (Å²) in [5.41, 5.74) is 9.42. The van der Waals surface area contributed by atoms with Gasteiger partial charge in [0.05, 0.1) is 12.7 Å². The van der Waals surface area contributed by atoms with Crippen LogP contribution in [0.5, 0.6) is 5.75 Å². The zero-order valence-electron chi connectivity index (χ0n) is 25.2. The van der Waals surface area contributed by atoms with Gasteiger partial charge in [-0.1, -0.05) is 18.3 Å². The molecule has 42 heavy (non-hydrogen) atoms. The maximum Gasteiger partial charge on any atom is 0.364 e. The Labute approximate surface area is 247 Å². The van der Waals surface area contributed by atoms with Crippen molar-refractivity contribution in [3.05, 3.63) is 93.9 Å². The number of carbonyl (C=O) groups is 3. The van der Waals surface area contributed by atoms with Gasteiger partial charge in [0.2, 0.25) is 0 Å². The van der Waals surface area contributed by atoms with E-state index in [1.807, 2.05) is 35.1 Å². The summed E-state index contributed by atoms with van der Waals surface area (Å²) in [6.07, 6.45) is 6.62. The molecule has 0 bridgehead atoms. The summed E-state index contributed by atoms with van der Waals surface area (Å²) in [6.45, 7) is 8.59. The molecule has 0 radical (unpaired) electrons. The van der Waals surface area contributed by atoms with Crippen molar-refractivity contribution < 1.29 is 28.5 Å². The Bertz CT molecular complexity index is 1680. The van der Waals surface area contributed by atoms with Gasteiger partial charge in [0.25, 0.3) is 11.8 Å². The van der Waals surface area contributed by atoms with Crippen molar-refractivity contribution in [2.45, 2.75) is 26.3 Å². The number of aryl methyl sites for hydroxylation is 1. The van der Waals surface area contributed by atoms with E-state index in [9.17, 15) is 14.4 Å². The van der Waals surface area contributed by atoms with Gasteiger partial charge in [-0.25, -0.2) is 9.37 Å².